The molecule has 0 bridgehead atoms. The van der Waals surface area contributed by atoms with Gasteiger partial charge in [0, 0.05) is 24.0 Å². The van der Waals surface area contributed by atoms with Gasteiger partial charge in [-0.2, -0.15) is 0 Å². The average molecular weight is 665 g/mol. The van der Waals surface area contributed by atoms with Crippen molar-refractivity contribution in [1.82, 2.24) is 10.2 Å². The molecule has 0 spiro atoms. The second kappa shape index (κ2) is 14.8. The average Bonchev–Trinajstić information content (AvgIpc) is 3.02. The smallest absolute Gasteiger partial charge is 0.264 e. The third kappa shape index (κ3) is 8.03. The first-order chi connectivity index (χ1) is 20.7. The summed E-state index contributed by atoms with van der Waals surface area (Å²) in [5.41, 5.74) is 1.85. The van der Waals surface area contributed by atoms with Crippen LogP contribution in [0.1, 0.15) is 18.1 Å². The van der Waals surface area contributed by atoms with E-state index in [1.54, 1.807) is 42.5 Å². The van der Waals surface area contributed by atoms with Crippen LogP contribution < -0.4 is 14.4 Å². The van der Waals surface area contributed by atoms with Crippen LogP contribution >= 0.6 is 15.9 Å². The molecule has 43 heavy (non-hydrogen) atoms. The van der Waals surface area contributed by atoms with Gasteiger partial charge < -0.3 is 15.0 Å². The van der Waals surface area contributed by atoms with Crippen molar-refractivity contribution in [3.8, 4) is 5.75 Å². The molecule has 4 aromatic carbocycles. The Bertz CT molecular complexity index is 1630. The summed E-state index contributed by atoms with van der Waals surface area (Å²) in [5.74, 6) is -0.583. The monoisotopic (exact) mass is 663 g/mol. The van der Waals surface area contributed by atoms with E-state index in [0.29, 0.717) is 6.54 Å². The number of likely N-dealkylation sites (N-methyl/N-ethyl adjacent to an activating group) is 1. The molecule has 0 heterocycles. The molecule has 0 aliphatic carbocycles. The lowest BCUT2D eigenvalue weighted by atomic mass is 10.0. The summed E-state index contributed by atoms with van der Waals surface area (Å²) in [6.07, 6.45) is 0.243. The Kier molecular flexibility index (Phi) is 11.0. The molecule has 0 aliphatic heterocycles. The molecule has 0 saturated carbocycles. The number of anilines is 1. The fraction of sp³-hybridized carbons (Fsp3) is 0.212. The fourth-order valence-electron chi connectivity index (χ4n) is 4.75. The highest BCUT2D eigenvalue weighted by Gasteiger charge is 2.35. The van der Waals surface area contributed by atoms with E-state index in [1.165, 1.54) is 24.1 Å². The van der Waals surface area contributed by atoms with E-state index in [9.17, 15) is 18.0 Å². The normalized spacial score (nSPS) is 11.8. The van der Waals surface area contributed by atoms with E-state index >= 15 is 0 Å². The summed E-state index contributed by atoms with van der Waals surface area (Å²) in [6, 6.07) is 30.5. The highest BCUT2D eigenvalue weighted by molar-refractivity contribution is 9.10. The van der Waals surface area contributed by atoms with Crippen molar-refractivity contribution in [1.29, 1.82) is 0 Å². The van der Waals surface area contributed by atoms with Crippen LogP contribution in [0.2, 0.25) is 0 Å². The van der Waals surface area contributed by atoms with E-state index in [1.807, 2.05) is 61.5 Å². The fourth-order valence-corrected chi connectivity index (χ4v) is 6.64. The third-order valence-electron chi connectivity index (χ3n) is 6.83. The lowest BCUT2D eigenvalue weighted by Gasteiger charge is -2.34. The van der Waals surface area contributed by atoms with Crippen LogP contribution in [0.15, 0.2) is 119 Å². The molecule has 0 unspecified atom stereocenters. The van der Waals surface area contributed by atoms with Gasteiger partial charge >= 0.3 is 0 Å². The lowest BCUT2D eigenvalue weighted by Crippen LogP contribution is -2.53. The second-order valence-corrected chi connectivity index (χ2v) is 12.5. The molecule has 0 saturated heterocycles. The van der Waals surface area contributed by atoms with Crippen molar-refractivity contribution in [2.75, 3.05) is 24.5 Å². The number of para-hydroxylation sites is 2. The minimum atomic E-state index is -4.21. The quantitative estimate of drug-likeness (QED) is 0.206. The van der Waals surface area contributed by atoms with Gasteiger partial charge in [-0.15, -0.1) is 0 Å². The van der Waals surface area contributed by atoms with Crippen LogP contribution in [-0.2, 0) is 32.6 Å². The van der Waals surface area contributed by atoms with Gasteiger partial charge in [0.15, 0.2) is 0 Å². The molecule has 1 N–H and O–H groups in total. The number of benzene rings is 4. The number of hydrogen-bond donors (Lipinski definition) is 1. The predicted molar refractivity (Wildman–Crippen MR) is 171 cm³/mol. The summed E-state index contributed by atoms with van der Waals surface area (Å²) < 4.78 is 35.5. The van der Waals surface area contributed by atoms with Gasteiger partial charge in [-0.1, -0.05) is 88.7 Å². The number of carbonyl (C=O) groups is 2. The van der Waals surface area contributed by atoms with Crippen molar-refractivity contribution >= 4 is 43.5 Å². The van der Waals surface area contributed by atoms with Crippen molar-refractivity contribution in [2.24, 2.45) is 0 Å². The first-order valence-corrected chi connectivity index (χ1v) is 16.0. The number of ether oxygens (including phenoxy) is 1. The van der Waals surface area contributed by atoms with Crippen molar-refractivity contribution in [2.45, 2.75) is 30.8 Å². The predicted octanol–water partition coefficient (Wildman–Crippen LogP) is 5.43. The molecule has 0 aromatic heterocycles. The van der Waals surface area contributed by atoms with E-state index in [4.69, 9.17) is 4.74 Å². The zero-order valence-corrected chi connectivity index (χ0v) is 26.4. The van der Waals surface area contributed by atoms with Gasteiger partial charge in [-0.05, 0) is 54.4 Å². The van der Waals surface area contributed by atoms with Crippen LogP contribution in [0.5, 0.6) is 5.75 Å². The molecule has 8 nitrogen and oxygen atoms in total. The second-order valence-electron chi connectivity index (χ2n) is 9.75. The minimum absolute atomic E-state index is 0.0248. The molecule has 2 amide bonds. The molecule has 1 atom stereocenters. The number of carbonyl (C=O) groups excluding carboxylic acids is 2. The van der Waals surface area contributed by atoms with Gasteiger partial charge in [0.05, 0.1) is 17.7 Å². The van der Waals surface area contributed by atoms with Crippen molar-refractivity contribution in [3.05, 3.63) is 125 Å². The molecule has 0 radical (unpaired) electrons. The number of halogens is 1. The number of hydrogen-bond acceptors (Lipinski definition) is 5. The Balaban J connectivity index is 1.82. The van der Waals surface area contributed by atoms with E-state index in [-0.39, 0.29) is 35.2 Å². The van der Waals surface area contributed by atoms with Gasteiger partial charge in [-0.25, -0.2) is 8.42 Å². The molecular weight excluding hydrogens is 630 g/mol. The van der Waals surface area contributed by atoms with Gasteiger partial charge in [0.1, 0.15) is 18.3 Å². The number of nitrogens with one attached hydrogen (secondary N) is 1. The Morgan fingerprint density at radius 2 is 1.49 bits per heavy atom. The first kappa shape index (κ1) is 31.8. The molecule has 224 valence electrons. The Morgan fingerprint density at radius 1 is 0.860 bits per heavy atom. The molecular formula is C33H34BrN3O5S. The van der Waals surface area contributed by atoms with Crippen LogP contribution in [0.4, 0.5) is 5.69 Å². The number of sulfonamides is 1. The van der Waals surface area contributed by atoms with E-state index < -0.39 is 28.5 Å². The summed E-state index contributed by atoms with van der Waals surface area (Å²) in [7, 11) is -2.77. The Labute approximate surface area is 261 Å². The first-order valence-electron chi connectivity index (χ1n) is 13.8. The van der Waals surface area contributed by atoms with Crippen molar-refractivity contribution in [3.63, 3.8) is 0 Å². The van der Waals surface area contributed by atoms with Crippen molar-refractivity contribution < 1.29 is 22.7 Å². The highest BCUT2D eigenvalue weighted by Crippen LogP contribution is 2.32. The number of nitrogens with zero attached hydrogens (tertiary/aromatic N) is 2. The zero-order chi connectivity index (χ0) is 30.8. The number of rotatable bonds is 13. The largest absolute Gasteiger partial charge is 0.495 e. The van der Waals surface area contributed by atoms with Crippen LogP contribution in [0.25, 0.3) is 0 Å². The number of methoxy groups -OCH3 is 1. The lowest BCUT2D eigenvalue weighted by molar-refractivity contribution is -0.140. The molecule has 4 aromatic rings. The van der Waals surface area contributed by atoms with Gasteiger partial charge in [-0.3, -0.25) is 13.9 Å². The maximum atomic E-state index is 14.4. The van der Waals surface area contributed by atoms with E-state index in [2.05, 4.69) is 21.2 Å². The summed E-state index contributed by atoms with van der Waals surface area (Å²) in [6.45, 7) is 1.71. The maximum Gasteiger partial charge on any atom is 0.264 e. The van der Waals surface area contributed by atoms with Crippen LogP contribution in [0, 0.1) is 0 Å². The summed E-state index contributed by atoms with van der Waals surface area (Å²) >= 11 is 3.49. The third-order valence-corrected chi connectivity index (χ3v) is 9.10. The van der Waals surface area contributed by atoms with Gasteiger partial charge in [0.25, 0.3) is 10.0 Å². The Hall–Kier alpha value is -4.15. The molecule has 4 rings (SSSR count). The molecule has 0 aliphatic rings. The van der Waals surface area contributed by atoms with Crippen LogP contribution in [-0.4, -0.2) is 51.4 Å². The minimum Gasteiger partial charge on any atom is -0.495 e. The van der Waals surface area contributed by atoms with E-state index in [0.717, 1.165) is 19.9 Å². The molecule has 0 fully saturated rings. The maximum absolute atomic E-state index is 14.4. The van der Waals surface area contributed by atoms with Gasteiger partial charge in [0.2, 0.25) is 11.8 Å². The van der Waals surface area contributed by atoms with Crippen LogP contribution in [0.3, 0.4) is 0 Å². The Morgan fingerprint density at radius 3 is 2.14 bits per heavy atom. The SMILES string of the molecule is CCNC(=O)[C@@H](Cc1ccccc1)N(Cc1cccc(Br)c1)C(=O)CN(c1ccccc1OC)S(=O)(=O)c1ccccc1. The summed E-state index contributed by atoms with van der Waals surface area (Å²) in [4.78, 5) is 29.5. The zero-order valence-electron chi connectivity index (χ0n) is 24.0. The molecule has 10 heteroatoms. The number of amides is 2. The highest BCUT2D eigenvalue weighted by atomic mass is 79.9. The standard InChI is InChI=1S/C33H34BrN3O5S/c1-3-35-33(39)30(22-25-13-6-4-7-14-25)36(23-26-15-12-16-27(34)21-26)32(38)24-37(29-19-10-11-20-31(29)42-2)43(40,41)28-17-8-5-9-18-28/h4-21,30H,3,22-24H2,1-2H3,(H,35,39)/t30-/m1/s1. The summed E-state index contributed by atoms with van der Waals surface area (Å²) in [5, 5.41) is 2.86. The topological polar surface area (TPSA) is 96.0 Å².